The molecule has 1 fully saturated rings. The van der Waals surface area contributed by atoms with Crippen molar-refractivity contribution in [1.29, 1.82) is 5.26 Å². The third kappa shape index (κ3) is 5.72. The number of nitrogens with zero attached hydrogens (tertiary/aromatic N) is 2. The zero-order valence-electron chi connectivity index (χ0n) is 12.4. The van der Waals surface area contributed by atoms with Gasteiger partial charge in [0, 0.05) is 25.2 Å². The lowest BCUT2D eigenvalue weighted by molar-refractivity contribution is 0.0374. The Bertz CT molecular complexity index is 453. The highest BCUT2D eigenvalue weighted by Crippen LogP contribution is 2.17. The van der Waals surface area contributed by atoms with Gasteiger partial charge < -0.3 is 14.8 Å². The largest absolute Gasteiger partial charge is 0.478 e. The van der Waals surface area contributed by atoms with Gasteiger partial charge in [0.1, 0.15) is 11.8 Å². The standard InChI is InChI=1S/C16H23N3O2/c17-6-11-21-16-5-2-1-4-15(16)14-18-7-3-8-19-9-12-20-13-10-19/h1-2,4-5,18H,3,7-14H2. The van der Waals surface area contributed by atoms with Gasteiger partial charge in [-0.25, -0.2) is 0 Å². The summed E-state index contributed by atoms with van der Waals surface area (Å²) in [6, 6.07) is 9.85. The smallest absolute Gasteiger partial charge is 0.174 e. The van der Waals surface area contributed by atoms with Crippen LogP contribution in [0.5, 0.6) is 5.75 Å². The highest BCUT2D eigenvalue weighted by molar-refractivity contribution is 5.33. The van der Waals surface area contributed by atoms with Crippen molar-refractivity contribution in [2.75, 3.05) is 46.0 Å². The van der Waals surface area contributed by atoms with Gasteiger partial charge in [-0.15, -0.1) is 0 Å². The third-order valence-electron chi connectivity index (χ3n) is 3.51. The number of morpholine rings is 1. The van der Waals surface area contributed by atoms with E-state index in [0.717, 1.165) is 63.7 Å². The molecule has 114 valence electrons. The highest BCUT2D eigenvalue weighted by atomic mass is 16.5. The van der Waals surface area contributed by atoms with Gasteiger partial charge >= 0.3 is 0 Å². The van der Waals surface area contributed by atoms with E-state index in [2.05, 4.69) is 10.2 Å². The summed E-state index contributed by atoms with van der Waals surface area (Å²) in [5.41, 5.74) is 1.10. The van der Waals surface area contributed by atoms with Gasteiger partial charge in [0.2, 0.25) is 0 Å². The number of para-hydroxylation sites is 1. The molecule has 5 nitrogen and oxygen atoms in total. The molecular weight excluding hydrogens is 266 g/mol. The van der Waals surface area contributed by atoms with E-state index in [1.807, 2.05) is 30.3 Å². The number of nitriles is 1. The molecule has 0 spiro atoms. The van der Waals surface area contributed by atoms with Crippen LogP contribution in [0.25, 0.3) is 0 Å². The number of rotatable bonds is 8. The van der Waals surface area contributed by atoms with Gasteiger partial charge in [0.15, 0.2) is 6.61 Å². The van der Waals surface area contributed by atoms with Crippen LogP contribution < -0.4 is 10.1 Å². The first-order chi connectivity index (χ1) is 10.4. The van der Waals surface area contributed by atoms with Gasteiger partial charge in [-0.2, -0.15) is 5.26 Å². The number of hydrogen-bond donors (Lipinski definition) is 1. The van der Waals surface area contributed by atoms with Crippen molar-refractivity contribution in [3.05, 3.63) is 29.8 Å². The van der Waals surface area contributed by atoms with E-state index in [9.17, 15) is 0 Å². The summed E-state index contributed by atoms with van der Waals surface area (Å²) in [5, 5.41) is 12.0. The van der Waals surface area contributed by atoms with Crippen LogP contribution >= 0.6 is 0 Å². The fourth-order valence-corrected chi connectivity index (χ4v) is 2.38. The molecule has 1 aromatic rings. The Morgan fingerprint density at radius 3 is 2.90 bits per heavy atom. The van der Waals surface area contributed by atoms with Crippen molar-refractivity contribution >= 4 is 0 Å². The van der Waals surface area contributed by atoms with Gasteiger partial charge in [0.05, 0.1) is 13.2 Å². The summed E-state index contributed by atoms with van der Waals surface area (Å²) >= 11 is 0. The minimum atomic E-state index is 0.0913. The Kier molecular flexibility index (Phi) is 7.02. The Balaban J connectivity index is 1.65. The monoisotopic (exact) mass is 289 g/mol. The number of benzene rings is 1. The molecule has 0 aliphatic carbocycles. The molecular formula is C16H23N3O2. The van der Waals surface area contributed by atoms with Crippen molar-refractivity contribution in [2.45, 2.75) is 13.0 Å². The van der Waals surface area contributed by atoms with Crippen molar-refractivity contribution < 1.29 is 9.47 Å². The Morgan fingerprint density at radius 2 is 2.10 bits per heavy atom. The number of nitrogens with one attached hydrogen (secondary N) is 1. The third-order valence-corrected chi connectivity index (χ3v) is 3.51. The Labute approximate surface area is 126 Å². The maximum atomic E-state index is 8.58. The molecule has 21 heavy (non-hydrogen) atoms. The minimum Gasteiger partial charge on any atom is -0.478 e. The Hall–Kier alpha value is -1.61. The lowest BCUT2D eigenvalue weighted by atomic mass is 10.2. The van der Waals surface area contributed by atoms with E-state index < -0.39 is 0 Å². The lowest BCUT2D eigenvalue weighted by Crippen LogP contribution is -2.37. The van der Waals surface area contributed by atoms with Gasteiger partial charge in [-0.05, 0) is 25.6 Å². The predicted molar refractivity (Wildman–Crippen MR) is 81.1 cm³/mol. The van der Waals surface area contributed by atoms with Crippen LogP contribution in [0.2, 0.25) is 0 Å². The van der Waals surface area contributed by atoms with Crippen molar-refractivity contribution in [2.24, 2.45) is 0 Å². The van der Waals surface area contributed by atoms with E-state index in [-0.39, 0.29) is 6.61 Å². The van der Waals surface area contributed by atoms with Crippen LogP contribution in [-0.4, -0.2) is 50.9 Å². The fraction of sp³-hybridized carbons (Fsp3) is 0.562. The van der Waals surface area contributed by atoms with Crippen LogP contribution in [0.3, 0.4) is 0 Å². The molecule has 1 heterocycles. The van der Waals surface area contributed by atoms with E-state index in [1.165, 1.54) is 0 Å². The van der Waals surface area contributed by atoms with E-state index in [4.69, 9.17) is 14.7 Å². The van der Waals surface area contributed by atoms with Crippen LogP contribution in [0.1, 0.15) is 12.0 Å². The molecule has 2 rings (SSSR count). The first kappa shape index (κ1) is 15.8. The molecule has 0 aromatic heterocycles. The molecule has 1 saturated heterocycles. The van der Waals surface area contributed by atoms with Crippen molar-refractivity contribution in [3.8, 4) is 11.8 Å². The van der Waals surface area contributed by atoms with Crippen LogP contribution in [0, 0.1) is 11.3 Å². The molecule has 1 N–H and O–H groups in total. The van der Waals surface area contributed by atoms with Crippen LogP contribution in [-0.2, 0) is 11.3 Å². The first-order valence-corrected chi connectivity index (χ1v) is 7.48. The van der Waals surface area contributed by atoms with E-state index in [0.29, 0.717) is 0 Å². The molecule has 1 aromatic carbocycles. The van der Waals surface area contributed by atoms with E-state index >= 15 is 0 Å². The average Bonchev–Trinajstić information content (AvgIpc) is 2.54. The molecule has 0 bridgehead atoms. The average molecular weight is 289 g/mol. The second-order valence-electron chi connectivity index (χ2n) is 5.04. The minimum absolute atomic E-state index is 0.0913. The van der Waals surface area contributed by atoms with Crippen LogP contribution in [0.15, 0.2) is 24.3 Å². The molecule has 1 aliphatic heterocycles. The second kappa shape index (κ2) is 9.35. The molecule has 1 aliphatic rings. The normalized spacial score (nSPS) is 15.6. The van der Waals surface area contributed by atoms with Gasteiger partial charge in [-0.3, -0.25) is 4.90 Å². The molecule has 0 atom stereocenters. The SMILES string of the molecule is N#CCOc1ccccc1CNCCCN1CCOCC1. The highest BCUT2D eigenvalue weighted by Gasteiger charge is 2.09. The first-order valence-electron chi connectivity index (χ1n) is 7.48. The summed E-state index contributed by atoms with van der Waals surface area (Å²) in [6.07, 6.45) is 1.13. The number of hydrogen-bond acceptors (Lipinski definition) is 5. The zero-order valence-corrected chi connectivity index (χ0v) is 12.4. The quantitative estimate of drug-likeness (QED) is 0.733. The van der Waals surface area contributed by atoms with Crippen LogP contribution in [0.4, 0.5) is 0 Å². The predicted octanol–water partition coefficient (Wildman–Crippen LogP) is 1.40. The maximum absolute atomic E-state index is 8.58. The van der Waals surface area contributed by atoms with Crippen molar-refractivity contribution in [3.63, 3.8) is 0 Å². The van der Waals surface area contributed by atoms with Gasteiger partial charge in [0.25, 0.3) is 0 Å². The second-order valence-corrected chi connectivity index (χ2v) is 5.04. The van der Waals surface area contributed by atoms with Crippen molar-refractivity contribution in [1.82, 2.24) is 10.2 Å². The summed E-state index contributed by atoms with van der Waals surface area (Å²) in [5.74, 6) is 0.791. The molecule has 0 amide bonds. The summed E-state index contributed by atoms with van der Waals surface area (Å²) in [4.78, 5) is 2.44. The summed E-state index contributed by atoms with van der Waals surface area (Å²) in [7, 11) is 0. The molecule has 5 heteroatoms. The summed E-state index contributed by atoms with van der Waals surface area (Å²) < 4.78 is 10.8. The fourth-order valence-electron chi connectivity index (χ4n) is 2.38. The van der Waals surface area contributed by atoms with E-state index in [1.54, 1.807) is 0 Å². The Morgan fingerprint density at radius 1 is 1.29 bits per heavy atom. The number of ether oxygens (including phenoxy) is 2. The molecule has 0 saturated carbocycles. The molecule has 0 radical (unpaired) electrons. The summed E-state index contributed by atoms with van der Waals surface area (Å²) in [6.45, 7) is 6.76. The topological polar surface area (TPSA) is 57.5 Å². The lowest BCUT2D eigenvalue weighted by Gasteiger charge is -2.26. The zero-order chi connectivity index (χ0) is 14.8. The maximum Gasteiger partial charge on any atom is 0.174 e. The van der Waals surface area contributed by atoms with Gasteiger partial charge in [-0.1, -0.05) is 18.2 Å². The molecule has 0 unspecified atom stereocenters.